The van der Waals surface area contributed by atoms with Gasteiger partial charge in [-0.25, -0.2) is 0 Å². The van der Waals surface area contributed by atoms with Gasteiger partial charge in [-0.1, -0.05) is 18.3 Å². The summed E-state index contributed by atoms with van der Waals surface area (Å²) in [6.07, 6.45) is 0.727. The first kappa shape index (κ1) is 12.4. The Morgan fingerprint density at radius 2 is 2.40 bits per heavy atom. The molecule has 15 heavy (non-hydrogen) atoms. The van der Waals surface area contributed by atoms with Gasteiger partial charge in [0.15, 0.2) is 0 Å². The molecule has 1 atom stereocenters. The first-order valence-corrected chi connectivity index (χ1v) is 6.15. The first-order chi connectivity index (χ1) is 7.19. The third-order valence-corrected chi connectivity index (χ3v) is 3.27. The predicted octanol–water partition coefficient (Wildman–Crippen LogP) is 1.71. The van der Waals surface area contributed by atoms with Gasteiger partial charge in [0.25, 0.3) is 5.91 Å². The van der Waals surface area contributed by atoms with Crippen LogP contribution in [0.3, 0.4) is 0 Å². The molecule has 0 aliphatic rings. The zero-order chi connectivity index (χ0) is 11.3. The van der Waals surface area contributed by atoms with E-state index in [0.29, 0.717) is 17.3 Å². The smallest absolute Gasteiger partial charge is 0.264 e. The van der Waals surface area contributed by atoms with Crippen molar-refractivity contribution in [2.45, 2.75) is 20.3 Å². The second-order valence-corrected chi connectivity index (χ2v) is 4.43. The summed E-state index contributed by atoms with van der Waals surface area (Å²) >= 11 is 6.78. The summed E-state index contributed by atoms with van der Waals surface area (Å²) in [5.74, 6) is 0.724. The van der Waals surface area contributed by atoms with E-state index >= 15 is 0 Å². The van der Waals surface area contributed by atoms with Crippen molar-refractivity contribution in [3.05, 3.63) is 10.6 Å². The van der Waals surface area contributed by atoms with Crippen LogP contribution in [-0.4, -0.2) is 27.9 Å². The molecule has 1 amide bonds. The quantitative estimate of drug-likeness (QED) is 0.806. The number of carbonyl (C=O) groups excluding carboxylic acids is 1. The molecule has 0 spiro atoms. The van der Waals surface area contributed by atoms with Crippen LogP contribution in [-0.2, 0) is 6.42 Å². The molecule has 1 aromatic heterocycles. The Bertz CT molecular complexity index is 329. The van der Waals surface area contributed by atoms with Gasteiger partial charge in [0.2, 0.25) is 0 Å². The molecule has 4 nitrogen and oxygen atoms in total. The fourth-order valence-corrected chi connectivity index (χ4v) is 1.79. The minimum Gasteiger partial charge on any atom is -0.351 e. The number of carbonyl (C=O) groups is 1. The number of hydrogen-bond donors (Lipinski definition) is 1. The van der Waals surface area contributed by atoms with Gasteiger partial charge in [-0.3, -0.25) is 4.79 Å². The topological polar surface area (TPSA) is 54.9 Å². The van der Waals surface area contributed by atoms with Crippen LogP contribution in [0.2, 0.25) is 0 Å². The van der Waals surface area contributed by atoms with Crippen LogP contribution in [0, 0.1) is 5.92 Å². The average molecular weight is 248 g/mol. The van der Waals surface area contributed by atoms with Gasteiger partial charge >= 0.3 is 0 Å². The lowest BCUT2D eigenvalue weighted by molar-refractivity contribution is 0.0952. The standard InChI is InChI=1S/C9H14ClN3OS/c1-3-7-8(15-13-12-7)9(14)11-5-6(2)4-10/h6H,3-5H2,1-2H3,(H,11,14). The number of amides is 1. The maximum Gasteiger partial charge on any atom is 0.264 e. The third-order valence-electron chi connectivity index (χ3n) is 1.97. The molecule has 0 aromatic carbocycles. The monoisotopic (exact) mass is 247 g/mol. The number of aromatic nitrogens is 2. The third kappa shape index (κ3) is 3.43. The van der Waals surface area contributed by atoms with Gasteiger partial charge in [0.1, 0.15) is 4.88 Å². The molecule has 1 rings (SSSR count). The van der Waals surface area contributed by atoms with Crippen LogP contribution in [0.15, 0.2) is 0 Å². The predicted molar refractivity (Wildman–Crippen MR) is 61.5 cm³/mol. The summed E-state index contributed by atoms with van der Waals surface area (Å²) in [7, 11) is 0. The Morgan fingerprint density at radius 1 is 1.67 bits per heavy atom. The lowest BCUT2D eigenvalue weighted by Crippen LogP contribution is -2.28. The van der Waals surface area contributed by atoms with Crippen LogP contribution >= 0.6 is 23.1 Å². The first-order valence-electron chi connectivity index (χ1n) is 4.84. The van der Waals surface area contributed by atoms with Crippen molar-refractivity contribution in [1.82, 2.24) is 14.9 Å². The highest BCUT2D eigenvalue weighted by Gasteiger charge is 2.14. The SMILES string of the molecule is CCc1nnsc1C(=O)NCC(C)CCl. The van der Waals surface area contributed by atoms with Crippen molar-refractivity contribution in [2.75, 3.05) is 12.4 Å². The molecule has 1 unspecified atom stereocenters. The van der Waals surface area contributed by atoms with Crippen LogP contribution in [0.5, 0.6) is 0 Å². The van der Waals surface area contributed by atoms with Gasteiger partial charge in [-0.05, 0) is 23.9 Å². The van der Waals surface area contributed by atoms with Crippen molar-refractivity contribution in [2.24, 2.45) is 5.92 Å². The van der Waals surface area contributed by atoms with Crippen molar-refractivity contribution in [3.8, 4) is 0 Å². The summed E-state index contributed by atoms with van der Waals surface area (Å²) in [6, 6.07) is 0. The van der Waals surface area contributed by atoms with Crippen LogP contribution in [0.1, 0.15) is 29.2 Å². The molecule has 0 radical (unpaired) electrons. The largest absolute Gasteiger partial charge is 0.351 e. The number of nitrogens with one attached hydrogen (secondary N) is 1. The van der Waals surface area contributed by atoms with E-state index in [0.717, 1.165) is 23.6 Å². The Labute approximate surface area is 98.2 Å². The molecule has 0 bridgehead atoms. The van der Waals surface area contributed by atoms with E-state index < -0.39 is 0 Å². The van der Waals surface area contributed by atoms with Crippen molar-refractivity contribution < 1.29 is 4.79 Å². The van der Waals surface area contributed by atoms with Crippen molar-refractivity contribution in [1.29, 1.82) is 0 Å². The number of alkyl halides is 1. The van der Waals surface area contributed by atoms with E-state index in [1.165, 1.54) is 0 Å². The minimum atomic E-state index is -0.0983. The average Bonchev–Trinajstić information content (AvgIpc) is 2.73. The highest BCUT2D eigenvalue weighted by atomic mass is 35.5. The maximum atomic E-state index is 11.7. The molecule has 1 N–H and O–H groups in total. The van der Waals surface area contributed by atoms with E-state index in [4.69, 9.17) is 11.6 Å². The van der Waals surface area contributed by atoms with Crippen LogP contribution in [0.4, 0.5) is 0 Å². The Kier molecular flexibility index (Phi) is 4.98. The molecule has 0 fully saturated rings. The van der Waals surface area contributed by atoms with E-state index in [-0.39, 0.29) is 11.8 Å². The second kappa shape index (κ2) is 6.02. The molecular weight excluding hydrogens is 234 g/mol. The van der Waals surface area contributed by atoms with Gasteiger partial charge in [0, 0.05) is 12.4 Å². The number of rotatable bonds is 5. The normalized spacial score (nSPS) is 12.5. The summed E-state index contributed by atoms with van der Waals surface area (Å²) in [5, 5.41) is 6.70. The van der Waals surface area contributed by atoms with Crippen molar-refractivity contribution in [3.63, 3.8) is 0 Å². The summed E-state index contributed by atoms with van der Waals surface area (Å²) in [6.45, 7) is 4.53. The Hall–Kier alpha value is -0.680. The molecule has 0 saturated heterocycles. The number of halogens is 1. The lowest BCUT2D eigenvalue weighted by Gasteiger charge is -2.08. The fraction of sp³-hybridized carbons (Fsp3) is 0.667. The fourth-order valence-electron chi connectivity index (χ4n) is 1.01. The Morgan fingerprint density at radius 3 is 3.00 bits per heavy atom. The number of hydrogen-bond acceptors (Lipinski definition) is 4. The second-order valence-electron chi connectivity index (χ2n) is 3.37. The van der Waals surface area contributed by atoms with Gasteiger partial charge in [-0.15, -0.1) is 16.7 Å². The lowest BCUT2D eigenvalue weighted by atomic mass is 10.2. The van der Waals surface area contributed by atoms with Crippen LogP contribution < -0.4 is 5.32 Å². The molecule has 0 saturated carbocycles. The highest BCUT2D eigenvalue weighted by Crippen LogP contribution is 2.10. The van der Waals surface area contributed by atoms with Gasteiger partial charge < -0.3 is 5.32 Å². The Balaban J connectivity index is 2.54. The van der Waals surface area contributed by atoms with Crippen molar-refractivity contribution >= 4 is 29.0 Å². The zero-order valence-corrected chi connectivity index (χ0v) is 10.4. The van der Waals surface area contributed by atoms with E-state index in [9.17, 15) is 4.79 Å². The van der Waals surface area contributed by atoms with E-state index in [2.05, 4.69) is 14.9 Å². The summed E-state index contributed by atoms with van der Waals surface area (Å²) < 4.78 is 3.77. The van der Waals surface area contributed by atoms with Gasteiger partial charge in [0.05, 0.1) is 5.69 Å². The van der Waals surface area contributed by atoms with E-state index in [1.807, 2.05) is 13.8 Å². The van der Waals surface area contributed by atoms with Crippen LogP contribution in [0.25, 0.3) is 0 Å². The minimum absolute atomic E-state index is 0.0983. The summed E-state index contributed by atoms with van der Waals surface area (Å²) in [4.78, 5) is 12.3. The summed E-state index contributed by atoms with van der Waals surface area (Å²) in [5.41, 5.74) is 0.760. The molecule has 0 aliphatic carbocycles. The molecule has 1 aromatic rings. The molecule has 6 heteroatoms. The van der Waals surface area contributed by atoms with E-state index in [1.54, 1.807) is 0 Å². The number of aryl methyl sites for hydroxylation is 1. The zero-order valence-electron chi connectivity index (χ0n) is 8.79. The highest BCUT2D eigenvalue weighted by molar-refractivity contribution is 7.08. The molecular formula is C9H14ClN3OS. The molecule has 0 aliphatic heterocycles. The molecule has 1 heterocycles. The van der Waals surface area contributed by atoms with Gasteiger partial charge in [-0.2, -0.15) is 0 Å². The molecule has 84 valence electrons. The number of nitrogens with zero attached hydrogens (tertiary/aromatic N) is 2. The maximum absolute atomic E-state index is 11.7.